The Hall–Kier alpha value is -0.680. The summed E-state index contributed by atoms with van der Waals surface area (Å²) in [5.74, 6) is -10.4. The first-order valence-corrected chi connectivity index (χ1v) is 3.04. The molecule has 0 amide bonds. The quantitative estimate of drug-likeness (QED) is 0.621. The lowest BCUT2D eigenvalue weighted by Gasteiger charge is -2.22. The highest BCUT2D eigenvalue weighted by molar-refractivity contribution is 5.76. The number of halogens is 5. The van der Waals surface area contributed by atoms with E-state index >= 15 is 0 Å². The van der Waals surface area contributed by atoms with E-state index < -0.39 is 30.7 Å². The second-order valence-electron chi connectivity index (χ2n) is 2.42. The molecule has 0 saturated carbocycles. The van der Waals surface area contributed by atoms with E-state index in [9.17, 15) is 26.7 Å². The fraction of sp³-hybridized carbons (Fsp3) is 0.833. The second kappa shape index (κ2) is 3.37. The van der Waals surface area contributed by atoms with Gasteiger partial charge in [-0.3, -0.25) is 4.79 Å². The molecule has 0 heterocycles. The smallest absolute Gasteiger partial charge is 0.300 e. The lowest BCUT2D eigenvalue weighted by molar-refractivity contribution is -0.217. The van der Waals surface area contributed by atoms with E-state index in [1.54, 1.807) is 0 Å². The van der Waals surface area contributed by atoms with Crippen LogP contribution in [0.2, 0.25) is 0 Å². The van der Waals surface area contributed by atoms with Gasteiger partial charge in [-0.15, -0.1) is 0 Å². The summed E-state index contributed by atoms with van der Waals surface area (Å²) in [7, 11) is 0. The molecule has 0 aliphatic heterocycles. The molecule has 72 valence electrons. The maximum absolute atomic E-state index is 12.2. The molecular formula is C6H7F5O. The highest BCUT2D eigenvalue weighted by Crippen LogP contribution is 2.37. The minimum atomic E-state index is -4.75. The van der Waals surface area contributed by atoms with Gasteiger partial charge in [0.15, 0.2) is 6.67 Å². The van der Waals surface area contributed by atoms with E-state index in [0.717, 1.165) is 6.92 Å². The van der Waals surface area contributed by atoms with Crippen molar-refractivity contribution in [3.8, 4) is 0 Å². The highest BCUT2D eigenvalue weighted by Gasteiger charge is 2.56. The fourth-order valence-electron chi connectivity index (χ4n) is 0.540. The van der Waals surface area contributed by atoms with Crippen LogP contribution in [-0.2, 0) is 4.79 Å². The molecule has 0 aromatic rings. The minimum Gasteiger partial charge on any atom is -0.300 e. The van der Waals surface area contributed by atoms with Crippen LogP contribution in [0.5, 0.6) is 0 Å². The maximum Gasteiger partial charge on any atom is 0.338 e. The largest absolute Gasteiger partial charge is 0.338 e. The van der Waals surface area contributed by atoms with Crippen molar-refractivity contribution in [2.45, 2.75) is 25.2 Å². The summed E-state index contributed by atoms with van der Waals surface area (Å²) in [5, 5.41) is 0. The summed E-state index contributed by atoms with van der Waals surface area (Å²) < 4.78 is 59.9. The van der Waals surface area contributed by atoms with Crippen molar-refractivity contribution in [2.24, 2.45) is 0 Å². The Balaban J connectivity index is 4.48. The third-order valence-corrected chi connectivity index (χ3v) is 1.17. The van der Waals surface area contributed by atoms with Gasteiger partial charge in [-0.25, -0.2) is 4.39 Å². The summed E-state index contributed by atoms with van der Waals surface area (Å²) in [5.41, 5.74) is 0. The summed E-state index contributed by atoms with van der Waals surface area (Å²) >= 11 is 0. The SMILES string of the molecule is CC(=O)CC(F)(F)C(F)(F)CF. The van der Waals surface area contributed by atoms with Crippen molar-refractivity contribution in [3.63, 3.8) is 0 Å². The van der Waals surface area contributed by atoms with Crippen LogP contribution in [0.15, 0.2) is 0 Å². The molecule has 0 N–H and O–H groups in total. The van der Waals surface area contributed by atoms with Gasteiger partial charge in [0.1, 0.15) is 5.78 Å². The molecular weight excluding hydrogens is 183 g/mol. The van der Waals surface area contributed by atoms with E-state index in [1.165, 1.54) is 0 Å². The number of carbonyl (C=O) groups is 1. The lowest BCUT2D eigenvalue weighted by atomic mass is 10.1. The zero-order valence-corrected chi connectivity index (χ0v) is 6.21. The first kappa shape index (κ1) is 11.3. The Morgan fingerprint density at radius 1 is 1.17 bits per heavy atom. The van der Waals surface area contributed by atoms with Gasteiger partial charge < -0.3 is 0 Å². The van der Waals surface area contributed by atoms with Crippen molar-refractivity contribution in [2.75, 3.05) is 6.67 Å². The number of ketones is 1. The molecule has 0 saturated heterocycles. The molecule has 0 aliphatic rings. The predicted octanol–water partition coefficient (Wildman–Crippen LogP) is 2.21. The number of hydrogen-bond acceptors (Lipinski definition) is 1. The van der Waals surface area contributed by atoms with Crippen molar-refractivity contribution in [1.82, 2.24) is 0 Å². The number of Topliss-reactive ketones (excluding diaryl/α,β-unsaturated/α-hetero) is 1. The van der Waals surface area contributed by atoms with Gasteiger partial charge in [-0.2, -0.15) is 17.6 Å². The molecule has 0 unspecified atom stereocenters. The molecule has 6 heteroatoms. The molecule has 0 fully saturated rings. The molecule has 12 heavy (non-hydrogen) atoms. The van der Waals surface area contributed by atoms with Gasteiger partial charge >= 0.3 is 11.8 Å². The van der Waals surface area contributed by atoms with Gasteiger partial charge in [0.25, 0.3) is 0 Å². The molecule has 0 radical (unpaired) electrons. The van der Waals surface area contributed by atoms with Gasteiger partial charge in [-0.1, -0.05) is 0 Å². The van der Waals surface area contributed by atoms with Crippen molar-refractivity contribution in [1.29, 1.82) is 0 Å². The number of alkyl halides is 5. The van der Waals surface area contributed by atoms with Crippen LogP contribution in [0.25, 0.3) is 0 Å². The van der Waals surface area contributed by atoms with Crippen LogP contribution in [0, 0.1) is 0 Å². The van der Waals surface area contributed by atoms with Crippen molar-refractivity contribution < 1.29 is 26.7 Å². The van der Waals surface area contributed by atoms with E-state index in [2.05, 4.69) is 0 Å². The van der Waals surface area contributed by atoms with Crippen molar-refractivity contribution in [3.05, 3.63) is 0 Å². The first-order chi connectivity index (χ1) is 5.23. The van der Waals surface area contributed by atoms with Gasteiger partial charge in [-0.05, 0) is 6.92 Å². The van der Waals surface area contributed by atoms with Crippen LogP contribution >= 0.6 is 0 Å². The number of carbonyl (C=O) groups excluding carboxylic acids is 1. The zero-order chi connectivity index (χ0) is 9.99. The summed E-state index contributed by atoms with van der Waals surface area (Å²) in [6.45, 7) is -1.73. The molecule has 0 aliphatic carbocycles. The molecule has 0 aromatic heterocycles. The van der Waals surface area contributed by atoms with Crippen LogP contribution in [-0.4, -0.2) is 24.3 Å². The molecule has 0 rings (SSSR count). The molecule has 0 aromatic carbocycles. The van der Waals surface area contributed by atoms with E-state index in [-0.39, 0.29) is 0 Å². The zero-order valence-electron chi connectivity index (χ0n) is 6.21. The van der Waals surface area contributed by atoms with Gasteiger partial charge in [0.05, 0.1) is 6.42 Å². The summed E-state index contributed by atoms with van der Waals surface area (Å²) in [6, 6.07) is 0. The standard InChI is InChI=1S/C6H7F5O/c1-4(12)2-5(8,9)6(10,11)3-7/h2-3H2,1H3. The summed E-state index contributed by atoms with van der Waals surface area (Å²) in [6.07, 6.45) is -1.63. The predicted molar refractivity (Wildman–Crippen MR) is 31.2 cm³/mol. The van der Waals surface area contributed by atoms with Gasteiger partial charge in [0.2, 0.25) is 0 Å². The third kappa shape index (κ3) is 2.42. The Morgan fingerprint density at radius 3 is 1.83 bits per heavy atom. The maximum atomic E-state index is 12.2. The normalized spacial score (nSPS) is 13.2. The second-order valence-corrected chi connectivity index (χ2v) is 2.42. The molecule has 1 nitrogen and oxygen atoms in total. The number of rotatable bonds is 4. The van der Waals surface area contributed by atoms with Crippen LogP contribution < -0.4 is 0 Å². The van der Waals surface area contributed by atoms with E-state index in [0.29, 0.717) is 0 Å². The molecule has 0 spiro atoms. The molecule has 0 atom stereocenters. The topological polar surface area (TPSA) is 17.1 Å². The van der Waals surface area contributed by atoms with E-state index in [4.69, 9.17) is 0 Å². The van der Waals surface area contributed by atoms with Crippen LogP contribution in [0.3, 0.4) is 0 Å². The Kier molecular flexibility index (Phi) is 3.17. The first-order valence-electron chi connectivity index (χ1n) is 3.04. The minimum absolute atomic E-state index is 0.738. The summed E-state index contributed by atoms with van der Waals surface area (Å²) in [4.78, 5) is 10.1. The van der Waals surface area contributed by atoms with Crippen LogP contribution in [0.1, 0.15) is 13.3 Å². The Morgan fingerprint density at radius 2 is 1.58 bits per heavy atom. The van der Waals surface area contributed by atoms with Crippen LogP contribution in [0.4, 0.5) is 22.0 Å². The van der Waals surface area contributed by atoms with Crippen molar-refractivity contribution >= 4 is 5.78 Å². The Bertz CT molecular complexity index is 177. The highest BCUT2D eigenvalue weighted by atomic mass is 19.3. The average molecular weight is 190 g/mol. The fourth-order valence-corrected chi connectivity index (χ4v) is 0.540. The third-order valence-electron chi connectivity index (χ3n) is 1.17. The van der Waals surface area contributed by atoms with E-state index in [1.807, 2.05) is 0 Å². The molecule has 0 bridgehead atoms. The average Bonchev–Trinajstić information content (AvgIpc) is 1.84. The lowest BCUT2D eigenvalue weighted by Crippen LogP contribution is -2.43. The monoisotopic (exact) mass is 190 g/mol. The Labute approximate surface area is 65.6 Å². The van der Waals surface area contributed by atoms with Gasteiger partial charge in [0, 0.05) is 0 Å². The number of hydrogen-bond donors (Lipinski definition) is 0.